The third-order valence-corrected chi connectivity index (χ3v) is 7.69. The van der Waals surface area contributed by atoms with E-state index in [-0.39, 0.29) is 30.7 Å². The molecule has 0 saturated heterocycles. The Balaban J connectivity index is 1.85. The summed E-state index contributed by atoms with van der Waals surface area (Å²) in [5, 5.41) is 3.76. The number of aromatic nitrogens is 1. The average molecular weight is 638 g/mol. The van der Waals surface area contributed by atoms with Crippen molar-refractivity contribution < 1.29 is 37.1 Å². The van der Waals surface area contributed by atoms with Crippen LogP contribution in [0.15, 0.2) is 48.7 Å². The van der Waals surface area contributed by atoms with Crippen LogP contribution in [0, 0.1) is 5.92 Å². The van der Waals surface area contributed by atoms with Gasteiger partial charge in [0.1, 0.15) is 0 Å². The minimum absolute atomic E-state index is 0.0237. The Morgan fingerprint density at radius 3 is 2.59 bits per heavy atom. The quantitative estimate of drug-likeness (QED) is 0.259. The summed E-state index contributed by atoms with van der Waals surface area (Å²) >= 11 is 6.29. The number of carbonyl (C=O) groups excluding carboxylic acids is 3. The predicted octanol–water partition coefficient (Wildman–Crippen LogP) is 4.74. The van der Waals surface area contributed by atoms with Gasteiger partial charge in [0.25, 0.3) is 5.91 Å². The Bertz CT molecular complexity index is 1500. The number of methoxy groups -OCH3 is 1. The van der Waals surface area contributed by atoms with E-state index >= 15 is 0 Å². The summed E-state index contributed by atoms with van der Waals surface area (Å²) in [5.41, 5.74) is 2.53. The maximum absolute atomic E-state index is 14.7. The molecule has 3 atom stereocenters. The molecular weight excluding hydrogens is 603 g/mol. The molecule has 0 bridgehead atoms. The number of fused-ring (bicyclic) bond motifs is 2. The van der Waals surface area contributed by atoms with Gasteiger partial charge in [-0.25, -0.2) is 9.59 Å². The largest absolute Gasteiger partial charge is 0.493 e. The van der Waals surface area contributed by atoms with Crippen LogP contribution in [0.25, 0.3) is 10.9 Å². The van der Waals surface area contributed by atoms with Gasteiger partial charge in [-0.1, -0.05) is 36.7 Å². The first kappa shape index (κ1) is 33.1. The Hall–Kier alpha value is -3.81. The SMILES string of the molecule is COCCNC(=O)N(OC(=O)C(F)(F)F)C(C(=O)N1C[C@@H](CN(C)C)Cc2cc(Cl)ccc21)C(C)c1c[nH]c2ccccc12. The molecule has 0 fully saturated rings. The van der Waals surface area contributed by atoms with Crippen molar-refractivity contribution >= 4 is 46.1 Å². The molecule has 0 spiro atoms. The molecule has 1 aliphatic rings. The number of ether oxygens (including phenoxy) is 1. The standard InChI is InChI=1S/C30H35ClF3N5O5/c1-18(23-15-36-24-8-6-5-7-22(23)24)26(39(29(42)35-11-12-43-4)44-28(41)30(32,33)34)27(40)38-17-19(16-37(2)3)13-20-14-21(31)9-10-25(20)38/h5-10,14-15,18-19,26,36H,11-13,16-17H2,1-4H3,(H,35,42)/t18?,19-,26?/m1/s1. The van der Waals surface area contributed by atoms with Crippen molar-refractivity contribution in [3.8, 4) is 0 Å². The summed E-state index contributed by atoms with van der Waals surface area (Å²) < 4.78 is 45.5. The zero-order valence-electron chi connectivity index (χ0n) is 24.8. The van der Waals surface area contributed by atoms with Gasteiger partial charge in [0.15, 0.2) is 6.04 Å². The topological polar surface area (TPSA) is 107 Å². The molecule has 3 amide bonds. The zero-order chi connectivity index (χ0) is 32.2. The minimum Gasteiger partial charge on any atom is -0.383 e. The van der Waals surface area contributed by atoms with Crippen LogP contribution < -0.4 is 10.2 Å². The highest BCUT2D eigenvalue weighted by molar-refractivity contribution is 6.30. The van der Waals surface area contributed by atoms with Crippen molar-refractivity contribution in [3.63, 3.8) is 0 Å². The lowest BCUT2D eigenvalue weighted by Gasteiger charge is -2.40. The minimum atomic E-state index is -5.44. The number of rotatable bonds is 9. The summed E-state index contributed by atoms with van der Waals surface area (Å²) in [7, 11) is 5.16. The lowest BCUT2D eigenvalue weighted by molar-refractivity contribution is -0.233. The Kier molecular flexibility index (Phi) is 10.4. The normalized spacial score (nSPS) is 16.4. The molecule has 0 aliphatic carbocycles. The smallest absolute Gasteiger partial charge is 0.383 e. The second-order valence-electron chi connectivity index (χ2n) is 11.0. The lowest BCUT2D eigenvalue weighted by atomic mass is 9.88. The number of aromatic amines is 1. The van der Waals surface area contributed by atoms with Gasteiger partial charge in [0.05, 0.1) is 6.61 Å². The number of amides is 3. The number of para-hydroxylation sites is 1. The fourth-order valence-corrected chi connectivity index (χ4v) is 5.78. The summed E-state index contributed by atoms with van der Waals surface area (Å²) in [5.74, 6) is -4.38. The third-order valence-electron chi connectivity index (χ3n) is 7.46. The molecular formula is C30H35ClF3N5O5. The van der Waals surface area contributed by atoms with Crippen LogP contribution in [0.2, 0.25) is 5.02 Å². The summed E-state index contributed by atoms with van der Waals surface area (Å²) in [4.78, 5) is 51.6. The van der Waals surface area contributed by atoms with E-state index in [9.17, 15) is 27.6 Å². The van der Waals surface area contributed by atoms with Gasteiger partial charge < -0.3 is 29.7 Å². The molecule has 4 rings (SSSR count). The monoisotopic (exact) mass is 637 g/mol. The number of alkyl halides is 3. The van der Waals surface area contributed by atoms with E-state index < -0.39 is 36.0 Å². The van der Waals surface area contributed by atoms with Gasteiger partial charge in [-0.2, -0.15) is 13.2 Å². The zero-order valence-corrected chi connectivity index (χ0v) is 25.5. The van der Waals surface area contributed by atoms with E-state index in [2.05, 4.69) is 10.3 Å². The highest BCUT2D eigenvalue weighted by Crippen LogP contribution is 2.37. The van der Waals surface area contributed by atoms with Gasteiger partial charge in [0, 0.05) is 60.5 Å². The number of urea groups is 1. The van der Waals surface area contributed by atoms with Gasteiger partial charge in [0.2, 0.25) is 0 Å². The predicted molar refractivity (Wildman–Crippen MR) is 159 cm³/mol. The summed E-state index contributed by atoms with van der Waals surface area (Å²) in [6.07, 6.45) is -3.21. The molecule has 44 heavy (non-hydrogen) atoms. The van der Waals surface area contributed by atoms with Crippen molar-refractivity contribution in [3.05, 3.63) is 64.8 Å². The Morgan fingerprint density at radius 2 is 1.91 bits per heavy atom. The fraction of sp³-hybridized carbons (Fsp3) is 0.433. The maximum atomic E-state index is 14.7. The Morgan fingerprint density at radius 1 is 1.18 bits per heavy atom. The first-order chi connectivity index (χ1) is 20.8. The fourth-order valence-electron chi connectivity index (χ4n) is 5.58. The van der Waals surface area contributed by atoms with Crippen molar-refractivity contribution in [1.82, 2.24) is 20.3 Å². The number of benzene rings is 2. The molecule has 2 aromatic carbocycles. The van der Waals surface area contributed by atoms with Crippen LogP contribution in [0.1, 0.15) is 24.0 Å². The lowest BCUT2D eigenvalue weighted by Crippen LogP contribution is -2.58. The van der Waals surface area contributed by atoms with Crippen LogP contribution in [0.4, 0.5) is 23.7 Å². The number of halogens is 4. The molecule has 0 radical (unpaired) electrons. The molecule has 10 nitrogen and oxygen atoms in total. The molecule has 238 valence electrons. The number of hydroxylamine groups is 2. The second kappa shape index (κ2) is 13.9. The number of nitrogens with one attached hydrogen (secondary N) is 2. The maximum Gasteiger partial charge on any atom is 0.493 e. The average Bonchev–Trinajstić information content (AvgIpc) is 3.39. The van der Waals surface area contributed by atoms with Gasteiger partial charge in [-0.05, 0) is 61.8 Å². The van der Waals surface area contributed by atoms with Crippen molar-refractivity contribution in [2.75, 3.05) is 52.3 Å². The van der Waals surface area contributed by atoms with Gasteiger partial charge >= 0.3 is 18.2 Å². The van der Waals surface area contributed by atoms with E-state index in [0.717, 1.165) is 5.56 Å². The number of carbonyl (C=O) groups is 3. The van der Waals surface area contributed by atoms with Crippen LogP contribution in [-0.2, 0) is 25.6 Å². The molecule has 2 N–H and O–H groups in total. The van der Waals surface area contributed by atoms with E-state index in [4.69, 9.17) is 21.2 Å². The van der Waals surface area contributed by atoms with Crippen molar-refractivity contribution in [1.29, 1.82) is 0 Å². The first-order valence-electron chi connectivity index (χ1n) is 14.0. The number of anilines is 1. The molecule has 14 heteroatoms. The van der Waals surface area contributed by atoms with E-state index in [1.165, 1.54) is 12.0 Å². The number of nitrogens with zero attached hydrogens (tertiary/aromatic N) is 3. The van der Waals surface area contributed by atoms with Crippen LogP contribution >= 0.6 is 11.6 Å². The first-order valence-corrected chi connectivity index (χ1v) is 14.3. The van der Waals surface area contributed by atoms with Crippen LogP contribution in [0.5, 0.6) is 0 Å². The number of hydrogen-bond acceptors (Lipinski definition) is 6. The summed E-state index contributed by atoms with van der Waals surface area (Å²) in [6, 6.07) is 9.29. The van der Waals surface area contributed by atoms with Crippen LogP contribution in [0.3, 0.4) is 0 Å². The van der Waals surface area contributed by atoms with Gasteiger partial charge in [-0.15, -0.1) is 5.06 Å². The molecule has 1 aliphatic heterocycles. The summed E-state index contributed by atoms with van der Waals surface area (Å²) in [6.45, 7) is 2.31. The molecule has 3 aromatic rings. The molecule has 0 saturated carbocycles. The van der Waals surface area contributed by atoms with E-state index in [1.807, 2.05) is 19.0 Å². The van der Waals surface area contributed by atoms with Gasteiger partial charge in [-0.3, -0.25) is 4.79 Å². The van der Waals surface area contributed by atoms with E-state index in [0.29, 0.717) is 40.1 Å². The highest BCUT2D eigenvalue weighted by Gasteiger charge is 2.48. The molecule has 2 heterocycles. The highest BCUT2D eigenvalue weighted by atomic mass is 35.5. The van der Waals surface area contributed by atoms with Crippen molar-refractivity contribution in [2.45, 2.75) is 31.5 Å². The van der Waals surface area contributed by atoms with E-state index in [1.54, 1.807) is 55.6 Å². The second-order valence-corrected chi connectivity index (χ2v) is 11.4. The number of H-pyrrole nitrogens is 1. The molecule has 1 aromatic heterocycles. The third kappa shape index (κ3) is 7.45. The van der Waals surface area contributed by atoms with Crippen molar-refractivity contribution in [2.24, 2.45) is 5.92 Å². The number of hydrogen-bond donors (Lipinski definition) is 2. The molecule has 2 unspecified atom stereocenters. The Labute approximate surface area is 258 Å². The van der Waals surface area contributed by atoms with Crippen LogP contribution in [-0.4, -0.2) is 92.5 Å².